The number of rotatable bonds is 4. The number of anilines is 1. The summed E-state index contributed by atoms with van der Waals surface area (Å²) >= 11 is 0. The van der Waals surface area contributed by atoms with Crippen molar-refractivity contribution in [3.8, 4) is 22.6 Å². The molecule has 0 fully saturated rings. The maximum Gasteiger partial charge on any atom is 0.294 e. The molecular formula is C23H20N4O2. The van der Waals surface area contributed by atoms with Gasteiger partial charge in [0, 0.05) is 41.3 Å². The number of amides is 1. The monoisotopic (exact) mass is 384 g/mol. The van der Waals surface area contributed by atoms with Crippen molar-refractivity contribution >= 4 is 11.6 Å². The van der Waals surface area contributed by atoms with Gasteiger partial charge in [0.2, 0.25) is 5.76 Å². The number of aromatic nitrogens is 3. The Morgan fingerprint density at radius 2 is 1.83 bits per heavy atom. The molecule has 5 rings (SSSR count). The number of nitrogens with zero attached hydrogens (tertiary/aromatic N) is 3. The first-order valence-corrected chi connectivity index (χ1v) is 9.76. The summed E-state index contributed by atoms with van der Waals surface area (Å²) in [5.74, 6) is 0.834. The van der Waals surface area contributed by atoms with Gasteiger partial charge < -0.3 is 14.4 Å². The highest BCUT2D eigenvalue weighted by Crippen LogP contribution is 2.26. The quantitative estimate of drug-likeness (QED) is 0.549. The lowest BCUT2D eigenvalue weighted by molar-refractivity contribution is 0.0988. The maximum atomic E-state index is 12.5. The van der Waals surface area contributed by atoms with Crippen LogP contribution in [0, 0.1) is 0 Å². The largest absolute Gasteiger partial charge is 0.350 e. The van der Waals surface area contributed by atoms with Gasteiger partial charge in [-0.1, -0.05) is 35.5 Å². The molecule has 1 aliphatic rings. The molecule has 0 spiro atoms. The van der Waals surface area contributed by atoms with E-state index in [0.717, 1.165) is 29.9 Å². The third kappa shape index (κ3) is 3.45. The Kier molecular flexibility index (Phi) is 4.44. The molecule has 29 heavy (non-hydrogen) atoms. The third-order valence-corrected chi connectivity index (χ3v) is 5.21. The van der Waals surface area contributed by atoms with Crippen LogP contribution in [0.3, 0.4) is 0 Å². The van der Waals surface area contributed by atoms with Gasteiger partial charge >= 0.3 is 0 Å². The van der Waals surface area contributed by atoms with Crippen LogP contribution in [-0.4, -0.2) is 20.6 Å². The lowest BCUT2D eigenvalue weighted by Crippen LogP contribution is -2.11. The lowest BCUT2D eigenvalue weighted by Gasteiger charge is -2.16. The molecule has 0 aliphatic carbocycles. The fourth-order valence-electron chi connectivity index (χ4n) is 3.69. The van der Waals surface area contributed by atoms with Gasteiger partial charge in [-0.05, 0) is 43.5 Å². The molecule has 1 N–H and O–H groups in total. The Bertz CT molecular complexity index is 1140. The summed E-state index contributed by atoms with van der Waals surface area (Å²) in [5.41, 5.74) is 4.57. The molecule has 4 aromatic rings. The molecule has 0 radical (unpaired) electrons. The average molecular weight is 384 g/mol. The van der Waals surface area contributed by atoms with Crippen LogP contribution in [-0.2, 0) is 13.0 Å². The van der Waals surface area contributed by atoms with Gasteiger partial charge in [-0.3, -0.25) is 4.79 Å². The minimum absolute atomic E-state index is 0.176. The van der Waals surface area contributed by atoms with Crippen molar-refractivity contribution in [3.05, 3.63) is 78.3 Å². The summed E-state index contributed by atoms with van der Waals surface area (Å²) in [5, 5.41) is 6.85. The van der Waals surface area contributed by atoms with Crippen molar-refractivity contribution < 1.29 is 9.32 Å². The molecule has 0 unspecified atom stereocenters. The van der Waals surface area contributed by atoms with Gasteiger partial charge in [-0.15, -0.1) is 0 Å². The van der Waals surface area contributed by atoms with Gasteiger partial charge in [0.15, 0.2) is 0 Å². The highest BCUT2D eigenvalue weighted by atomic mass is 16.5. The molecular weight excluding hydrogens is 364 g/mol. The van der Waals surface area contributed by atoms with Crippen molar-refractivity contribution in [1.29, 1.82) is 0 Å². The molecule has 6 heteroatoms. The highest BCUT2D eigenvalue weighted by molar-refractivity contribution is 6.02. The van der Waals surface area contributed by atoms with Crippen molar-refractivity contribution in [2.75, 3.05) is 5.32 Å². The normalized spacial score (nSPS) is 13.1. The Balaban J connectivity index is 1.31. The second kappa shape index (κ2) is 7.39. The average Bonchev–Trinajstić information content (AvgIpc) is 3.43. The molecule has 3 heterocycles. The van der Waals surface area contributed by atoms with Crippen LogP contribution in [0.25, 0.3) is 22.6 Å². The number of carbonyl (C=O) groups excluding carboxylic acids is 1. The summed E-state index contributed by atoms with van der Waals surface area (Å²) in [6.45, 7) is 1.01. The first-order valence-electron chi connectivity index (χ1n) is 9.76. The zero-order chi connectivity index (χ0) is 19.6. The molecule has 6 nitrogen and oxygen atoms in total. The Hall–Kier alpha value is -3.67. The summed E-state index contributed by atoms with van der Waals surface area (Å²) < 4.78 is 7.51. The second-order valence-corrected chi connectivity index (χ2v) is 7.16. The minimum Gasteiger partial charge on any atom is -0.350 e. The number of hydrogen-bond acceptors (Lipinski definition) is 4. The summed E-state index contributed by atoms with van der Waals surface area (Å²) in [6, 6.07) is 19.0. The number of nitrogens with one attached hydrogen (secondary N) is 1. The Labute approximate surface area is 168 Å². The van der Waals surface area contributed by atoms with E-state index in [-0.39, 0.29) is 11.7 Å². The zero-order valence-electron chi connectivity index (χ0n) is 15.8. The number of hydrogen-bond donors (Lipinski definition) is 1. The minimum atomic E-state index is -0.328. The van der Waals surface area contributed by atoms with Crippen LogP contribution in [0.15, 0.2) is 71.4 Å². The van der Waals surface area contributed by atoms with Crippen molar-refractivity contribution in [2.45, 2.75) is 25.8 Å². The van der Waals surface area contributed by atoms with Gasteiger partial charge in [0.25, 0.3) is 5.91 Å². The van der Waals surface area contributed by atoms with E-state index in [1.165, 1.54) is 18.5 Å². The number of fused-ring (bicyclic) bond motifs is 1. The first kappa shape index (κ1) is 17.4. The van der Waals surface area contributed by atoms with E-state index in [2.05, 4.69) is 20.0 Å². The van der Waals surface area contributed by atoms with Crippen LogP contribution in [0.5, 0.6) is 0 Å². The molecule has 1 amide bonds. The van der Waals surface area contributed by atoms with Crippen LogP contribution in [0.1, 0.15) is 29.1 Å². The van der Waals surface area contributed by atoms with Crippen LogP contribution in [0.2, 0.25) is 0 Å². The first-order chi connectivity index (χ1) is 14.3. The summed E-state index contributed by atoms with van der Waals surface area (Å²) in [7, 11) is 0. The van der Waals surface area contributed by atoms with E-state index in [1.807, 2.05) is 60.8 Å². The molecule has 1 aliphatic heterocycles. The van der Waals surface area contributed by atoms with Crippen molar-refractivity contribution in [2.24, 2.45) is 0 Å². The fraction of sp³-hybridized carbons (Fsp3) is 0.174. The van der Waals surface area contributed by atoms with Crippen LogP contribution < -0.4 is 5.32 Å². The molecule has 2 aromatic heterocycles. The SMILES string of the molecule is O=C(Nc1ccc(-c2ncc3n2CCCC3)cc1)c1cc(-c2ccccc2)no1. The molecule has 0 saturated heterocycles. The second-order valence-electron chi connectivity index (χ2n) is 7.16. The molecule has 2 aromatic carbocycles. The van der Waals surface area contributed by atoms with E-state index >= 15 is 0 Å². The van der Waals surface area contributed by atoms with Gasteiger partial charge in [0.1, 0.15) is 11.5 Å². The Morgan fingerprint density at radius 3 is 2.66 bits per heavy atom. The maximum absolute atomic E-state index is 12.5. The zero-order valence-corrected chi connectivity index (χ0v) is 15.8. The molecule has 0 bridgehead atoms. The molecule has 144 valence electrons. The van der Waals surface area contributed by atoms with E-state index < -0.39 is 0 Å². The predicted molar refractivity (Wildman–Crippen MR) is 110 cm³/mol. The topological polar surface area (TPSA) is 73.0 Å². The van der Waals surface area contributed by atoms with Gasteiger partial charge in [0.05, 0.1) is 0 Å². The highest BCUT2D eigenvalue weighted by Gasteiger charge is 2.16. The van der Waals surface area contributed by atoms with Crippen LogP contribution in [0.4, 0.5) is 5.69 Å². The number of aryl methyl sites for hydroxylation is 1. The summed E-state index contributed by atoms with van der Waals surface area (Å²) in [6.07, 6.45) is 5.47. The standard InChI is InChI=1S/C23H20N4O2/c28-23(21-14-20(26-29-21)16-6-2-1-3-7-16)25-18-11-9-17(10-12-18)22-24-15-19-8-4-5-13-27(19)22/h1-3,6-7,9-12,14-15H,4-5,8,13H2,(H,25,28). The van der Waals surface area contributed by atoms with Crippen molar-refractivity contribution in [3.63, 3.8) is 0 Å². The van der Waals surface area contributed by atoms with Crippen molar-refractivity contribution in [1.82, 2.24) is 14.7 Å². The molecule has 0 atom stereocenters. The van der Waals surface area contributed by atoms with E-state index in [9.17, 15) is 4.79 Å². The smallest absolute Gasteiger partial charge is 0.294 e. The Morgan fingerprint density at radius 1 is 1.00 bits per heavy atom. The number of benzene rings is 2. The van der Waals surface area contributed by atoms with Gasteiger partial charge in [-0.25, -0.2) is 4.98 Å². The van der Waals surface area contributed by atoms with Gasteiger partial charge in [-0.2, -0.15) is 0 Å². The predicted octanol–water partition coefficient (Wildman–Crippen LogP) is 4.79. The number of carbonyl (C=O) groups is 1. The van der Waals surface area contributed by atoms with E-state index in [0.29, 0.717) is 11.4 Å². The van der Waals surface area contributed by atoms with E-state index in [1.54, 1.807) is 6.07 Å². The molecule has 0 saturated carbocycles. The third-order valence-electron chi connectivity index (χ3n) is 5.21. The lowest BCUT2D eigenvalue weighted by atomic mass is 10.1. The van der Waals surface area contributed by atoms with Crippen LogP contribution >= 0.6 is 0 Å². The fourth-order valence-corrected chi connectivity index (χ4v) is 3.69. The number of imidazole rings is 1. The van der Waals surface area contributed by atoms with E-state index in [4.69, 9.17) is 4.52 Å². The summed E-state index contributed by atoms with van der Waals surface area (Å²) in [4.78, 5) is 17.1.